The average Bonchev–Trinajstić information content (AvgIpc) is 3.28. The molecule has 0 aliphatic heterocycles. The van der Waals surface area contributed by atoms with E-state index >= 15 is 0 Å². The van der Waals surface area contributed by atoms with Crippen LogP contribution in [0.2, 0.25) is 0 Å². The number of hydrogen-bond donors (Lipinski definition) is 0. The molecule has 0 fully saturated rings. The third-order valence-electron chi connectivity index (χ3n) is 6.19. The summed E-state index contributed by atoms with van der Waals surface area (Å²) in [6.45, 7) is 2.30. The minimum absolute atomic E-state index is 0.0782. The molecule has 2 aromatic heterocycles. The molecule has 5 rings (SSSR count). The number of rotatable bonds is 7. The molecule has 0 saturated heterocycles. The molecule has 35 heavy (non-hydrogen) atoms. The third kappa shape index (κ3) is 4.17. The zero-order valence-electron chi connectivity index (χ0n) is 19.4. The Morgan fingerprint density at radius 3 is 2.23 bits per heavy atom. The van der Waals surface area contributed by atoms with Crippen LogP contribution in [0.15, 0.2) is 98.9 Å². The maximum atomic E-state index is 13.7. The molecule has 7 heteroatoms. The third-order valence-corrected chi connectivity index (χ3v) is 6.19. The van der Waals surface area contributed by atoms with E-state index in [1.54, 1.807) is 23.1 Å². The van der Waals surface area contributed by atoms with E-state index in [0.717, 1.165) is 11.3 Å². The van der Waals surface area contributed by atoms with Gasteiger partial charge in [0.25, 0.3) is 5.56 Å². The summed E-state index contributed by atoms with van der Waals surface area (Å²) in [6, 6.07) is 26.1. The van der Waals surface area contributed by atoms with E-state index in [1.807, 2.05) is 73.7 Å². The van der Waals surface area contributed by atoms with Crippen LogP contribution < -0.4 is 16.1 Å². The molecular formula is C28H25N3O4. The first-order chi connectivity index (χ1) is 17.1. The van der Waals surface area contributed by atoms with Gasteiger partial charge < -0.3 is 9.32 Å². The summed E-state index contributed by atoms with van der Waals surface area (Å²) in [4.78, 5) is 42.1. The van der Waals surface area contributed by atoms with E-state index in [4.69, 9.17) is 4.42 Å². The Hall–Kier alpha value is -4.39. The Bertz CT molecular complexity index is 1620. The largest absolute Gasteiger partial charge is 0.449 e. The highest BCUT2D eigenvalue weighted by molar-refractivity contribution is 6.03. The monoisotopic (exact) mass is 467 g/mol. The normalized spacial score (nSPS) is 11.2. The number of hydrogen-bond acceptors (Lipinski definition) is 4. The Morgan fingerprint density at radius 1 is 0.857 bits per heavy atom. The van der Waals surface area contributed by atoms with Crippen LogP contribution in [0.4, 0.5) is 5.69 Å². The van der Waals surface area contributed by atoms with E-state index in [2.05, 4.69) is 0 Å². The van der Waals surface area contributed by atoms with Crippen LogP contribution in [0.1, 0.15) is 12.5 Å². The molecule has 0 spiro atoms. The number of nitrogens with zero attached hydrogens (tertiary/aromatic N) is 3. The van der Waals surface area contributed by atoms with Gasteiger partial charge in [-0.1, -0.05) is 60.7 Å². The SMILES string of the molecule is CCN(C(=O)Cn1c(=O)n(CCc2ccccc2)c(=O)c2oc3ccccc3c21)c1ccccc1. The molecular weight excluding hydrogens is 442 g/mol. The van der Waals surface area contributed by atoms with Crippen molar-refractivity contribution >= 4 is 33.7 Å². The second-order valence-electron chi connectivity index (χ2n) is 8.31. The van der Waals surface area contributed by atoms with Gasteiger partial charge in [-0.2, -0.15) is 0 Å². The Morgan fingerprint density at radius 2 is 1.51 bits per heavy atom. The highest BCUT2D eigenvalue weighted by Crippen LogP contribution is 2.26. The van der Waals surface area contributed by atoms with Gasteiger partial charge in [0, 0.05) is 24.2 Å². The maximum absolute atomic E-state index is 13.7. The van der Waals surface area contributed by atoms with E-state index in [9.17, 15) is 14.4 Å². The number of furan rings is 1. The molecule has 0 aliphatic rings. The maximum Gasteiger partial charge on any atom is 0.332 e. The van der Waals surface area contributed by atoms with Gasteiger partial charge in [0.1, 0.15) is 17.6 Å². The van der Waals surface area contributed by atoms with E-state index in [-0.39, 0.29) is 24.6 Å². The Kier molecular flexibility index (Phi) is 6.06. The van der Waals surface area contributed by atoms with Crippen LogP contribution in [0.25, 0.3) is 22.1 Å². The van der Waals surface area contributed by atoms with E-state index in [0.29, 0.717) is 29.5 Å². The lowest BCUT2D eigenvalue weighted by molar-refractivity contribution is -0.119. The summed E-state index contributed by atoms with van der Waals surface area (Å²) >= 11 is 0. The van der Waals surface area contributed by atoms with Crippen molar-refractivity contribution < 1.29 is 9.21 Å². The molecule has 0 bridgehead atoms. The van der Waals surface area contributed by atoms with Gasteiger partial charge in [0.15, 0.2) is 0 Å². The Labute approximate surface area is 201 Å². The number of likely N-dealkylation sites (N-methyl/N-ethyl adjacent to an activating group) is 1. The highest BCUT2D eigenvalue weighted by atomic mass is 16.3. The average molecular weight is 468 g/mol. The summed E-state index contributed by atoms with van der Waals surface area (Å²) in [7, 11) is 0. The standard InChI is InChI=1S/C28H25N3O4/c1-2-29(21-13-7-4-8-14-21)24(32)19-31-25-22-15-9-10-16-23(22)35-26(25)27(33)30(28(31)34)18-17-20-11-5-3-6-12-20/h3-16H,2,17-19H2,1H3. The predicted octanol–water partition coefficient (Wildman–Crippen LogP) is 4.21. The molecule has 1 amide bonds. The fourth-order valence-electron chi connectivity index (χ4n) is 4.46. The lowest BCUT2D eigenvalue weighted by Crippen LogP contribution is -2.43. The number of aromatic nitrogens is 2. The number of anilines is 1. The van der Waals surface area contributed by atoms with Gasteiger partial charge in [0.05, 0.1) is 0 Å². The van der Waals surface area contributed by atoms with Crippen molar-refractivity contribution in [2.24, 2.45) is 0 Å². The summed E-state index contributed by atoms with van der Waals surface area (Å²) in [5.41, 5.74) is 1.67. The first-order valence-electron chi connectivity index (χ1n) is 11.6. The van der Waals surface area contributed by atoms with Gasteiger partial charge in [-0.15, -0.1) is 0 Å². The summed E-state index contributed by atoms with van der Waals surface area (Å²) in [6.07, 6.45) is 0.501. The first kappa shape index (κ1) is 22.4. The zero-order valence-corrected chi connectivity index (χ0v) is 19.4. The Balaban J connectivity index is 1.64. The molecule has 0 atom stereocenters. The number of benzene rings is 3. The van der Waals surface area contributed by atoms with Crippen molar-refractivity contribution in [2.45, 2.75) is 26.4 Å². The van der Waals surface area contributed by atoms with Crippen LogP contribution in [0.3, 0.4) is 0 Å². The van der Waals surface area contributed by atoms with Crippen LogP contribution in [-0.2, 0) is 24.3 Å². The van der Waals surface area contributed by atoms with Crippen molar-refractivity contribution in [3.8, 4) is 0 Å². The van der Waals surface area contributed by atoms with Gasteiger partial charge >= 0.3 is 5.69 Å². The smallest absolute Gasteiger partial charge is 0.332 e. The molecule has 0 radical (unpaired) electrons. The number of amides is 1. The number of carbonyl (C=O) groups excluding carboxylic acids is 1. The molecule has 5 aromatic rings. The number of carbonyl (C=O) groups is 1. The second kappa shape index (κ2) is 9.46. The van der Waals surface area contributed by atoms with E-state index < -0.39 is 11.2 Å². The molecule has 176 valence electrons. The summed E-state index contributed by atoms with van der Waals surface area (Å²) in [5.74, 6) is -0.249. The second-order valence-corrected chi connectivity index (χ2v) is 8.31. The van der Waals surface area contributed by atoms with Crippen molar-refractivity contribution in [3.05, 3.63) is 111 Å². The van der Waals surface area contributed by atoms with Gasteiger partial charge in [-0.05, 0) is 43.2 Å². The quantitative estimate of drug-likeness (QED) is 0.359. The summed E-state index contributed by atoms with van der Waals surface area (Å²) < 4.78 is 8.45. The highest BCUT2D eigenvalue weighted by Gasteiger charge is 2.23. The fraction of sp³-hybridized carbons (Fsp3) is 0.179. The van der Waals surface area contributed by atoms with Crippen molar-refractivity contribution in [1.82, 2.24) is 9.13 Å². The lowest BCUT2D eigenvalue weighted by Gasteiger charge is -2.22. The van der Waals surface area contributed by atoms with Crippen LogP contribution in [0.5, 0.6) is 0 Å². The fourth-order valence-corrected chi connectivity index (χ4v) is 4.46. The van der Waals surface area contributed by atoms with Gasteiger partial charge in [-0.25, -0.2) is 4.79 Å². The first-order valence-corrected chi connectivity index (χ1v) is 11.6. The van der Waals surface area contributed by atoms with E-state index in [1.165, 1.54) is 9.13 Å². The topological polar surface area (TPSA) is 77.5 Å². The molecule has 0 N–H and O–H groups in total. The minimum Gasteiger partial charge on any atom is -0.449 e. The van der Waals surface area contributed by atoms with Crippen molar-refractivity contribution in [2.75, 3.05) is 11.4 Å². The molecule has 3 aromatic carbocycles. The number of para-hydroxylation sites is 2. The number of fused-ring (bicyclic) bond motifs is 3. The molecule has 0 saturated carbocycles. The van der Waals surface area contributed by atoms with Crippen LogP contribution >= 0.6 is 0 Å². The number of aryl methyl sites for hydroxylation is 1. The van der Waals surface area contributed by atoms with Crippen LogP contribution in [0, 0.1) is 0 Å². The molecule has 0 unspecified atom stereocenters. The lowest BCUT2D eigenvalue weighted by atomic mass is 10.1. The van der Waals surface area contributed by atoms with Crippen LogP contribution in [-0.4, -0.2) is 21.6 Å². The van der Waals surface area contributed by atoms with Gasteiger partial charge in [-0.3, -0.25) is 18.7 Å². The summed E-state index contributed by atoms with van der Waals surface area (Å²) in [5, 5.41) is 0.627. The van der Waals surface area contributed by atoms with Crippen molar-refractivity contribution in [3.63, 3.8) is 0 Å². The molecule has 7 nitrogen and oxygen atoms in total. The minimum atomic E-state index is -0.526. The van der Waals surface area contributed by atoms with Gasteiger partial charge in [0.2, 0.25) is 11.5 Å². The predicted molar refractivity (Wildman–Crippen MR) is 137 cm³/mol. The molecule has 0 aliphatic carbocycles. The van der Waals surface area contributed by atoms with Crippen molar-refractivity contribution in [1.29, 1.82) is 0 Å². The zero-order chi connectivity index (χ0) is 24.4. The molecule has 2 heterocycles.